The van der Waals surface area contributed by atoms with Gasteiger partial charge in [-0.3, -0.25) is 5.32 Å². The van der Waals surface area contributed by atoms with Crippen LogP contribution in [0.2, 0.25) is 5.02 Å². The second kappa shape index (κ2) is 6.50. The van der Waals surface area contributed by atoms with Gasteiger partial charge in [0, 0.05) is 10.6 Å². The molecule has 0 radical (unpaired) electrons. The maximum Gasteiger partial charge on any atom is 0.227 e. The van der Waals surface area contributed by atoms with Crippen molar-refractivity contribution < 1.29 is 9.15 Å². The zero-order valence-corrected chi connectivity index (χ0v) is 15.2. The molecule has 1 aromatic heterocycles. The lowest BCUT2D eigenvalue weighted by Gasteiger charge is -2.39. The van der Waals surface area contributed by atoms with Gasteiger partial charge in [0.2, 0.25) is 5.89 Å². The number of hydrogen-bond acceptors (Lipinski definition) is 5. The largest absolute Gasteiger partial charge is 0.436 e. The fourth-order valence-electron chi connectivity index (χ4n) is 3.14. The highest BCUT2D eigenvalue weighted by molar-refractivity contribution is 7.79. The molecular weight excluding hydrogens is 356 g/mol. The number of morpholine rings is 1. The first-order valence-electron chi connectivity index (χ1n) is 8.05. The number of aromatic nitrogens is 1. The topological polar surface area (TPSA) is 47.3 Å². The van der Waals surface area contributed by atoms with E-state index in [-0.39, 0.29) is 11.6 Å². The molecule has 3 aromatic rings. The molecule has 2 aromatic carbocycles. The van der Waals surface area contributed by atoms with Crippen LogP contribution in [0.4, 0.5) is 0 Å². The van der Waals surface area contributed by atoms with Gasteiger partial charge in [-0.25, -0.2) is 4.98 Å². The summed E-state index contributed by atoms with van der Waals surface area (Å²) in [4.78, 5) is 4.56. The van der Waals surface area contributed by atoms with Crippen LogP contribution in [0, 0.1) is 0 Å². The fraction of sp³-hybridized carbons (Fsp3) is 0.263. The van der Waals surface area contributed by atoms with Crippen LogP contribution in [0.3, 0.4) is 0 Å². The van der Waals surface area contributed by atoms with E-state index in [1.807, 2.05) is 18.2 Å². The molecule has 0 spiro atoms. The maximum atomic E-state index is 6.03. The predicted octanol–water partition coefficient (Wildman–Crippen LogP) is 4.35. The van der Waals surface area contributed by atoms with Crippen molar-refractivity contribution in [1.29, 1.82) is 0 Å². The minimum absolute atomic E-state index is 0.0591. The molecule has 128 valence electrons. The van der Waals surface area contributed by atoms with Gasteiger partial charge in [-0.05, 0) is 48.2 Å². The summed E-state index contributed by atoms with van der Waals surface area (Å²) < 4.78 is 11.6. The van der Waals surface area contributed by atoms with Gasteiger partial charge in [0.1, 0.15) is 5.52 Å². The molecule has 0 saturated carbocycles. The summed E-state index contributed by atoms with van der Waals surface area (Å²) in [7, 11) is 0. The molecule has 1 fully saturated rings. The average Bonchev–Trinajstić information content (AvgIpc) is 3.05. The van der Waals surface area contributed by atoms with E-state index in [2.05, 4.69) is 29.4 Å². The molecule has 1 aliphatic rings. The number of nitrogens with one attached hydrogen (secondary N) is 1. The van der Waals surface area contributed by atoms with Gasteiger partial charge in [0.05, 0.1) is 24.8 Å². The number of benzene rings is 2. The number of nitrogens with zero attached hydrogens (tertiary/aromatic N) is 1. The average molecular weight is 373 g/mol. The quantitative estimate of drug-likeness (QED) is 0.692. The molecule has 4 nitrogen and oxygen atoms in total. The van der Waals surface area contributed by atoms with Crippen LogP contribution in [0.5, 0.6) is 0 Å². The van der Waals surface area contributed by atoms with Crippen LogP contribution in [-0.2, 0) is 10.3 Å². The molecule has 4 rings (SSSR count). The third kappa shape index (κ3) is 3.20. The Morgan fingerprint density at radius 3 is 3.04 bits per heavy atom. The van der Waals surface area contributed by atoms with E-state index in [4.69, 9.17) is 33.0 Å². The van der Waals surface area contributed by atoms with Crippen LogP contribution >= 0.6 is 23.8 Å². The Balaban J connectivity index is 1.72. The Hall–Kier alpha value is -1.79. The number of rotatable bonds is 3. The normalized spacial score (nSPS) is 23.7. The summed E-state index contributed by atoms with van der Waals surface area (Å²) >= 11 is 11.1. The number of fused-ring (bicyclic) bond motifs is 1. The van der Waals surface area contributed by atoms with Gasteiger partial charge in [-0.2, -0.15) is 0 Å². The van der Waals surface area contributed by atoms with Crippen LogP contribution in [0.15, 0.2) is 46.9 Å². The number of thiocarbonyl (C=S) groups is 1. The fourth-order valence-corrected chi connectivity index (χ4v) is 3.45. The summed E-state index contributed by atoms with van der Waals surface area (Å²) in [5.74, 6) is 0.575. The minimum Gasteiger partial charge on any atom is -0.436 e. The van der Waals surface area contributed by atoms with E-state index < -0.39 is 0 Å². The lowest BCUT2D eigenvalue weighted by Crippen LogP contribution is -2.55. The molecule has 0 aliphatic carbocycles. The van der Waals surface area contributed by atoms with Crippen molar-refractivity contribution in [2.75, 3.05) is 13.2 Å². The van der Waals surface area contributed by atoms with Crippen molar-refractivity contribution >= 4 is 40.3 Å². The van der Waals surface area contributed by atoms with E-state index in [1.165, 1.54) is 0 Å². The molecular formula is C19H17ClN2O2S. The molecule has 2 atom stereocenters. The Morgan fingerprint density at radius 2 is 2.20 bits per heavy atom. The number of halogens is 1. The lowest BCUT2D eigenvalue weighted by molar-refractivity contribution is 0.0217. The Labute approximate surface area is 156 Å². The Morgan fingerprint density at radius 1 is 1.32 bits per heavy atom. The van der Waals surface area contributed by atoms with E-state index in [0.29, 0.717) is 24.1 Å². The zero-order chi connectivity index (χ0) is 17.4. The van der Waals surface area contributed by atoms with E-state index in [1.54, 1.807) is 17.5 Å². The van der Waals surface area contributed by atoms with Crippen molar-refractivity contribution in [1.82, 2.24) is 10.3 Å². The number of ether oxygens (including phenoxy) is 1. The molecule has 25 heavy (non-hydrogen) atoms. The number of hydrogen-bond donors (Lipinski definition) is 1. The first kappa shape index (κ1) is 16.7. The first-order chi connectivity index (χ1) is 12.1. The smallest absolute Gasteiger partial charge is 0.227 e. The van der Waals surface area contributed by atoms with E-state index in [0.717, 1.165) is 22.2 Å². The molecule has 0 amide bonds. The first-order valence-corrected chi connectivity index (χ1v) is 8.90. The molecule has 2 unspecified atom stereocenters. The van der Waals surface area contributed by atoms with Gasteiger partial charge in [-0.15, -0.1) is 0 Å². The minimum atomic E-state index is -0.316. The highest BCUT2D eigenvalue weighted by Gasteiger charge is 2.33. The molecule has 6 heteroatoms. The highest BCUT2D eigenvalue weighted by Crippen LogP contribution is 2.31. The maximum absolute atomic E-state index is 6.03. The van der Waals surface area contributed by atoms with E-state index in [9.17, 15) is 0 Å². The Kier molecular flexibility index (Phi) is 4.33. The van der Waals surface area contributed by atoms with Gasteiger partial charge in [-0.1, -0.05) is 36.0 Å². The second-order valence-electron chi connectivity index (χ2n) is 6.45. The summed E-state index contributed by atoms with van der Waals surface area (Å²) in [6.45, 7) is 3.30. The van der Waals surface area contributed by atoms with Crippen molar-refractivity contribution in [3.8, 4) is 11.5 Å². The van der Waals surface area contributed by atoms with Gasteiger partial charge in [0.25, 0.3) is 0 Å². The van der Waals surface area contributed by atoms with Crippen LogP contribution < -0.4 is 5.32 Å². The second-order valence-corrected chi connectivity index (χ2v) is 7.15. The molecule has 1 saturated heterocycles. The van der Waals surface area contributed by atoms with Crippen LogP contribution in [-0.4, -0.2) is 29.6 Å². The third-order valence-corrected chi connectivity index (χ3v) is 5.02. The highest BCUT2D eigenvalue weighted by atomic mass is 35.5. The number of oxazole rings is 1. The molecule has 1 aliphatic heterocycles. The molecule has 0 bridgehead atoms. The SMILES string of the molecule is CC1(c2cccc(-c3nc4cc(Cl)ccc4o3)c2)COCC(C=S)N1. The molecule has 1 N–H and O–H groups in total. The Bertz CT molecular complexity index is 942. The monoisotopic (exact) mass is 372 g/mol. The van der Waals surface area contributed by atoms with E-state index >= 15 is 0 Å². The zero-order valence-electron chi connectivity index (χ0n) is 13.7. The lowest BCUT2D eigenvalue weighted by atomic mass is 9.89. The van der Waals surface area contributed by atoms with Crippen molar-refractivity contribution in [2.45, 2.75) is 18.5 Å². The van der Waals surface area contributed by atoms with Gasteiger partial charge >= 0.3 is 0 Å². The van der Waals surface area contributed by atoms with Crippen molar-refractivity contribution in [3.63, 3.8) is 0 Å². The van der Waals surface area contributed by atoms with Crippen molar-refractivity contribution in [3.05, 3.63) is 53.1 Å². The summed E-state index contributed by atoms with van der Waals surface area (Å²) in [5.41, 5.74) is 3.17. The summed E-state index contributed by atoms with van der Waals surface area (Å²) in [6.07, 6.45) is 0. The summed E-state index contributed by atoms with van der Waals surface area (Å²) in [5, 5.41) is 5.91. The van der Waals surface area contributed by atoms with Gasteiger partial charge < -0.3 is 9.15 Å². The predicted molar refractivity (Wildman–Crippen MR) is 103 cm³/mol. The van der Waals surface area contributed by atoms with Crippen LogP contribution in [0.25, 0.3) is 22.6 Å². The van der Waals surface area contributed by atoms with Gasteiger partial charge in [0.15, 0.2) is 5.58 Å². The summed E-state index contributed by atoms with van der Waals surface area (Å²) in [6, 6.07) is 13.6. The molecule has 2 heterocycles. The van der Waals surface area contributed by atoms with Crippen LogP contribution in [0.1, 0.15) is 12.5 Å². The third-order valence-electron chi connectivity index (χ3n) is 4.45. The standard InChI is InChI=1S/C19H17ClN2O2S/c1-19(11-23-9-15(10-25)22-19)13-4-2-3-12(7-13)18-21-16-8-14(20)5-6-17(16)24-18/h2-8,10,15,22H,9,11H2,1H3. The van der Waals surface area contributed by atoms with Crippen molar-refractivity contribution in [2.24, 2.45) is 0 Å².